The summed E-state index contributed by atoms with van der Waals surface area (Å²) in [6.45, 7) is 13.0. The van der Waals surface area contributed by atoms with E-state index in [-0.39, 0.29) is 0 Å². The molecule has 0 saturated heterocycles. The van der Waals surface area contributed by atoms with Gasteiger partial charge in [0, 0.05) is 18.5 Å². The number of hydrogen-bond donors (Lipinski definition) is 0. The van der Waals surface area contributed by atoms with E-state index in [9.17, 15) is 4.57 Å². The van der Waals surface area contributed by atoms with Gasteiger partial charge in [0.25, 0.3) is 0 Å². The third-order valence-corrected chi connectivity index (χ3v) is 8.33. The van der Waals surface area contributed by atoms with Crippen molar-refractivity contribution >= 4 is 7.14 Å². The summed E-state index contributed by atoms with van der Waals surface area (Å²) in [4.78, 5) is 0. The van der Waals surface area contributed by atoms with Gasteiger partial charge >= 0.3 is 0 Å². The molecule has 0 aliphatic rings. The second-order valence-corrected chi connectivity index (χ2v) is 10.1. The Bertz CT molecular complexity index is 253. The Morgan fingerprint density at radius 3 is 1.57 bits per heavy atom. The van der Waals surface area contributed by atoms with Crippen LogP contribution in [0.2, 0.25) is 0 Å². The Labute approximate surface area is 135 Å². The lowest BCUT2D eigenvalue weighted by molar-refractivity contribution is 0.462. The molecular weight excluding hydrogens is 275 g/mol. The molecule has 0 amide bonds. The van der Waals surface area contributed by atoms with Crippen LogP contribution in [-0.2, 0) is 4.57 Å². The summed E-state index contributed by atoms with van der Waals surface area (Å²) in [5, 5.41) is 0. The van der Waals surface area contributed by atoms with Gasteiger partial charge in [0.05, 0.1) is 7.14 Å². The van der Waals surface area contributed by atoms with Crippen LogP contribution in [-0.4, -0.2) is 18.5 Å². The van der Waals surface area contributed by atoms with Gasteiger partial charge in [-0.25, -0.2) is 0 Å². The third-order valence-electron chi connectivity index (χ3n) is 4.83. The highest BCUT2D eigenvalue weighted by Crippen LogP contribution is 2.51. The summed E-state index contributed by atoms with van der Waals surface area (Å²) >= 11 is 0. The molecule has 0 saturated carbocycles. The Morgan fingerprint density at radius 2 is 1.29 bits per heavy atom. The summed E-state index contributed by atoms with van der Waals surface area (Å²) in [6, 6.07) is 0. The maximum absolute atomic E-state index is 13.4. The molecule has 1 radical (unpaired) electrons. The van der Waals surface area contributed by atoms with E-state index in [1.807, 2.05) is 0 Å². The van der Waals surface area contributed by atoms with Crippen molar-refractivity contribution in [1.82, 2.24) is 0 Å². The van der Waals surface area contributed by atoms with E-state index in [1.165, 1.54) is 51.4 Å². The quantitative estimate of drug-likeness (QED) is 0.315. The lowest BCUT2D eigenvalue weighted by atomic mass is 10.0. The normalized spacial score (nSPS) is 17.4. The monoisotopic (exact) mass is 315 g/mol. The highest BCUT2D eigenvalue weighted by molar-refractivity contribution is 7.63. The lowest BCUT2D eigenvalue weighted by Gasteiger charge is -2.27. The molecule has 0 spiro atoms. The van der Waals surface area contributed by atoms with Crippen LogP contribution < -0.4 is 0 Å². The first-order valence-corrected chi connectivity index (χ1v) is 11.7. The summed E-state index contributed by atoms with van der Waals surface area (Å²) in [5.74, 6) is 1.34. The average Bonchev–Trinajstić information content (AvgIpc) is 2.48. The fraction of sp³-hybridized carbons (Fsp3) is 0.947. The van der Waals surface area contributed by atoms with Gasteiger partial charge < -0.3 is 4.57 Å². The summed E-state index contributed by atoms with van der Waals surface area (Å²) < 4.78 is 13.4. The van der Waals surface area contributed by atoms with Gasteiger partial charge in [0.1, 0.15) is 0 Å². The standard InChI is InChI=1S/C19H40OP/c1-6-11-13-18(9-4)16-21(20,15-8-3)17-19(10-5)14-12-7-2/h18-19H,3,6-17H2,1-2,4-5H3. The molecule has 1 nitrogen and oxygen atoms in total. The minimum absolute atomic E-state index is 0.672. The smallest absolute Gasteiger partial charge is 0.0883 e. The van der Waals surface area contributed by atoms with Crippen molar-refractivity contribution < 1.29 is 4.57 Å². The van der Waals surface area contributed by atoms with Gasteiger partial charge in [0.15, 0.2) is 0 Å². The maximum Gasteiger partial charge on any atom is 0.0883 e. The topological polar surface area (TPSA) is 17.1 Å². The molecule has 2 atom stereocenters. The first kappa shape index (κ1) is 21.2. The van der Waals surface area contributed by atoms with Crippen molar-refractivity contribution in [2.45, 2.75) is 85.5 Å². The highest BCUT2D eigenvalue weighted by Gasteiger charge is 2.27. The largest absolute Gasteiger partial charge is 0.324 e. The van der Waals surface area contributed by atoms with Crippen LogP contribution in [0.4, 0.5) is 0 Å². The van der Waals surface area contributed by atoms with Crippen molar-refractivity contribution in [2.75, 3.05) is 18.5 Å². The van der Waals surface area contributed by atoms with Crippen molar-refractivity contribution in [3.05, 3.63) is 6.92 Å². The van der Waals surface area contributed by atoms with E-state index in [0.29, 0.717) is 11.8 Å². The number of rotatable bonds is 14. The second-order valence-electron chi connectivity index (χ2n) is 6.83. The molecule has 0 fully saturated rings. The van der Waals surface area contributed by atoms with Crippen molar-refractivity contribution in [2.24, 2.45) is 11.8 Å². The fourth-order valence-electron chi connectivity index (χ4n) is 3.32. The zero-order chi connectivity index (χ0) is 16.1. The predicted molar refractivity (Wildman–Crippen MR) is 98.8 cm³/mol. The summed E-state index contributed by atoms with van der Waals surface area (Å²) in [7, 11) is -2.01. The van der Waals surface area contributed by atoms with Crippen LogP contribution in [0.15, 0.2) is 0 Å². The molecule has 0 heterocycles. The number of unbranched alkanes of at least 4 members (excludes halogenated alkanes) is 2. The Hall–Kier alpha value is 0.230. The fourth-order valence-corrected chi connectivity index (χ4v) is 7.18. The molecule has 0 N–H and O–H groups in total. The van der Waals surface area contributed by atoms with Crippen LogP contribution in [0, 0.1) is 18.8 Å². The number of hydrogen-bond acceptors (Lipinski definition) is 1. The maximum atomic E-state index is 13.4. The van der Waals surface area contributed by atoms with E-state index in [1.54, 1.807) is 0 Å². The van der Waals surface area contributed by atoms with E-state index in [0.717, 1.165) is 24.9 Å². The predicted octanol–water partition coefficient (Wildman–Crippen LogP) is 7.01. The van der Waals surface area contributed by atoms with Crippen LogP contribution in [0.5, 0.6) is 0 Å². The Balaban J connectivity index is 4.66. The minimum atomic E-state index is -2.01. The van der Waals surface area contributed by atoms with E-state index < -0.39 is 7.14 Å². The molecule has 0 rings (SSSR count). The molecule has 0 bridgehead atoms. The lowest BCUT2D eigenvalue weighted by Crippen LogP contribution is -2.15. The van der Waals surface area contributed by atoms with Crippen molar-refractivity contribution in [3.8, 4) is 0 Å². The molecule has 21 heavy (non-hydrogen) atoms. The van der Waals surface area contributed by atoms with E-state index in [2.05, 4.69) is 34.6 Å². The minimum Gasteiger partial charge on any atom is -0.324 e. The van der Waals surface area contributed by atoms with Gasteiger partial charge in [-0.2, -0.15) is 0 Å². The van der Waals surface area contributed by atoms with Gasteiger partial charge in [-0.15, -0.1) is 0 Å². The van der Waals surface area contributed by atoms with Gasteiger partial charge in [0.2, 0.25) is 0 Å². The van der Waals surface area contributed by atoms with Crippen LogP contribution in [0.1, 0.15) is 85.5 Å². The molecule has 127 valence electrons. The van der Waals surface area contributed by atoms with Gasteiger partial charge in [-0.1, -0.05) is 86.0 Å². The Morgan fingerprint density at radius 1 is 0.857 bits per heavy atom. The zero-order valence-electron chi connectivity index (χ0n) is 15.2. The molecule has 2 heteroatoms. The highest BCUT2D eigenvalue weighted by atomic mass is 31.2. The zero-order valence-corrected chi connectivity index (χ0v) is 16.1. The Kier molecular flexibility index (Phi) is 12.9. The van der Waals surface area contributed by atoms with E-state index >= 15 is 0 Å². The molecule has 0 aromatic rings. The average molecular weight is 316 g/mol. The van der Waals surface area contributed by atoms with Crippen LogP contribution in [0.25, 0.3) is 0 Å². The summed E-state index contributed by atoms with van der Waals surface area (Å²) in [6.07, 6.45) is 13.7. The van der Waals surface area contributed by atoms with Gasteiger partial charge in [-0.05, 0) is 18.3 Å². The molecule has 0 aromatic heterocycles. The molecular formula is C19H40OP. The van der Waals surface area contributed by atoms with Crippen molar-refractivity contribution in [1.29, 1.82) is 0 Å². The first-order valence-electron chi connectivity index (χ1n) is 9.41. The van der Waals surface area contributed by atoms with Crippen LogP contribution in [0.3, 0.4) is 0 Å². The first-order chi connectivity index (χ1) is 10.0. The molecule has 2 unspecified atom stereocenters. The SMILES string of the molecule is [CH2]CCP(=O)(CC(CC)CCCC)CC(CC)CCCC. The molecule has 0 aliphatic heterocycles. The molecule has 0 aromatic carbocycles. The van der Waals surface area contributed by atoms with E-state index in [4.69, 9.17) is 0 Å². The van der Waals surface area contributed by atoms with Gasteiger partial charge in [-0.3, -0.25) is 0 Å². The second kappa shape index (κ2) is 12.7. The third kappa shape index (κ3) is 9.77. The van der Waals surface area contributed by atoms with Crippen molar-refractivity contribution in [3.63, 3.8) is 0 Å². The van der Waals surface area contributed by atoms with Crippen LogP contribution >= 0.6 is 7.14 Å². The molecule has 0 aliphatic carbocycles. The summed E-state index contributed by atoms with van der Waals surface area (Å²) in [5.41, 5.74) is 0.